The van der Waals surface area contributed by atoms with Crippen molar-refractivity contribution in [2.75, 3.05) is 13.2 Å². The molecule has 0 aliphatic rings. The average Bonchev–Trinajstić information content (AvgIpc) is 2.67. The van der Waals surface area contributed by atoms with Gasteiger partial charge in [0.05, 0.1) is 5.02 Å². The van der Waals surface area contributed by atoms with E-state index in [0.29, 0.717) is 30.2 Å². The van der Waals surface area contributed by atoms with Crippen LogP contribution in [0.1, 0.15) is 37.7 Å². The molecule has 0 bridgehead atoms. The molecule has 1 aromatic heterocycles. The molecule has 0 fully saturated rings. The SMILES string of the molecule is CCn1cc(Cl)cc1C(=O)NCC(C)(C)CCO. The molecule has 0 aromatic carbocycles. The lowest BCUT2D eigenvalue weighted by atomic mass is 9.90. The predicted octanol–water partition coefficient (Wildman–Crippen LogP) is 2.30. The summed E-state index contributed by atoms with van der Waals surface area (Å²) in [7, 11) is 0. The number of nitrogens with zero attached hydrogens (tertiary/aromatic N) is 1. The summed E-state index contributed by atoms with van der Waals surface area (Å²) in [5.74, 6) is -0.130. The van der Waals surface area contributed by atoms with Gasteiger partial charge in [0.1, 0.15) is 5.69 Å². The first-order chi connectivity index (χ1) is 8.39. The number of aromatic nitrogens is 1. The van der Waals surface area contributed by atoms with E-state index in [-0.39, 0.29) is 17.9 Å². The standard InChI is InChI=1S/C13H21ClN2O2/c1-4-16-8-10(14)7-11(16)12(18)15-9-13(2,3)5-6-17/h7-8,17H,4-6,9H2,1-3H3,(H,15,18). The van der Waals surface area contributed by atoms with E-state index in [4.69, 9.17) is 16.7 Å². The Morgan fingerprint density at radius 2 is 2.22 bits per heavy atom. The van der Waals surface area contributed by atoms with E-state index >= 15 is 0 Å². The van der Waals surface area contributed by atoms with E-state index in [1.54, 1.807) is 12.3 Å². The van der Waals surface area contributed by atoms with Crippen molar-refractivity contribution in [1.29, 1.82) is 0 Å². The first kappa shape index (κ1) is 15.1. The molecule has 0 aliphatic carbocycles. The van der Waals surface area contributed by atoms with E-state index in [1.807, 2.05) is 25.3 Å². The Bertz CT molecular complexity index is 413. The molecule has 2 N–H and O–H groups in total. The Labute approximate surface area is 113 Å². The minimum absolute atomic E-state index is 0.113. The molecule has 0 saturated heterocycles. The van der Waals surface area contributed by atoms with Gasteiger partial charge in [-0.05, 0) is 24.8 Å². The zero-order valence-electron chi connectivity index (χ0n) is 11.2. The van der Waals surface area contributed by atoms with E-state index in [9.17, 15) is 4.79 Å². The second-order valence-corrected chi connectivity index (χ2v) is 5.59. The second kappa shape index (κ2) is 6.25. The normalized spacial score (nSPS) is 11.6. The molecule has 1 heterocycles. The van der Waals surface area contributed by atoms with Crippen LogP contribution in [0, 0.1) is 5.41 Å². The van der Waals surface area contributed by atoms with Crippen LogP contribution in [0.2, 0.25) is 5.02 Å². The van der Waals surface area contributed by atoms with Crippen molar-refractivity contribution in [3.63, 3.8) is 0 Å². The Kier molecular flexibility index (Phi) is 5.23. The van der Waals surface area contributed by atoms with Gasteiger partial charge in [-0.15, -0.1) is 0 Å². The molecule has 4 nitrogen and oxygen atoms in total. The van der Waals surface area contributed by atoms with Crippen LogP contribution in [0.25, 0.3) is 0 Å². The van der Waals surface area contributed by atoms with Gasteiger partial charge in [0.25, 0.3) is 5.91 Å². The summed E-state index contributed by atoms with van der Waals surface area (Å²) in [6.45, 7) is 7.34. The summed E-state index contributed by atoms with van der Waals surface area (Å²) in [4.78, 5) is 12.0. The van der Waals surface area contributed by atoms with Gasteiger partial charge in [0, 0.05) is 25.9 Å². The van der Waals surface area contributed by atoms with E-state index in [0.717, 1.165) is 0 Å². The molecule has 5 heteroatoms. The molecular formula is C13H21ClN2O2. The summed E-state index contributed by atoms with van der Waals surface area (Å²) in [5, 5.41) is 12.4. The van der Waals surface area contributed by atoms with Crippen LogP contribution in [0.4, 0.5) is 0 Å². The number of aliphatic hydroxyl groups is 1. The smallest absolute Gasteiger partial charge is 0.267 e. The molecule has 0 unspecified atom stereocenters. The fraction of sp³-hybridized carbons (Fsp3) is 0.615. The lowest BCUT2D eigenvalue weighted by molar-refractivity contribution is 0.0919. The van der Waals surface area contributed by atoms with Crippen LogP contribution in [-0.2, 0) is 6.54 Å². The summed E-state index contributed by atoms with van der Waals surface area (Å²) >= 11 is 5.89. The third-order valence-corrected chi connectivity index (χ3v) is 3.16. The second-order valence-electron chi connectivity index (χ2n) is 5.15. The molecule has 1 rings (SSSR count). The highest BCUT2D eigenvalue weighted by molar-refractivity contribution is 6.31. The third kappa shape index (κ3) is 4.03. The van der Waals surface area contributed by atoms with Crippen LogP contribution < -0.4 is 5.32 Å². The van der Waals surface area contributed by atoms with Gasteiger partial charge in [-0.1, -0.05) is 25.4 Å². The highest BCUT2D eigenvalue weighted by Gasteiger charge is 2.20. The molecule has 0 spiro atoms. The highest BCUT2D eigenvalue weighted by atomic mass is 35.5. The van der Waals surface area contributed by atoms with Crippen molar-refractivity contribution in [2.24, 2.45) is 5.41 Å². The Balaban J connectivity index is 2.65. The molecule has 0 radical (unpaired) electrons. The number of hydrogen-bond donors (Lipinski definition) is 2. The van der Waals surface area contributed by atoms with Crippen molar-refractivity contribution in [2.45, 2.75) is 33.7 Å². The fourth-order valence-electron chi connectivity index (χ4n) is 1.73. The Morgan fingerprint density at radius 1 is 1.56 bits per heavy atom. The first-order valence-corrected chi connectivity index (χ1v) is 6.52. The Hall–Kier alpha value is -1.00. The molecule has 102 valence electrons. The van der Waals surface area contributed by atoms with Crippen molar-refractivity contribution < 1.29 is 9.90 Å². The van der Waals surface area contributed by atoms with Crippen molar-refractivity contribution in [1.82, 2.24) is 9.88 Å². The molecule has 1 amide bonds. The van der Waals surface area contributed by atoms with E-state index in [2.05, 4.69) is 5.32 Å². The van der Waals surface area contributed by atoms with Gasteiger partial charge < -0.3 is 15.0 Å². The lowest BCUT2D eigenvalue weighted by Gasteiger charge is -2.23. The molecule has 1 aromatic rings. The zero-order chi connectivity index (χ0) is 13.8. The number of nitrogens with one attached hydrogen (secondary N) is 1. The average molecular weight is 273 g/mol. The topological polar surface area (TPSA) is 54.3 Å². The maximum absolute atomic E-state index is 12.0. The summed E-state index contributed by atoms with van der Waals surface area (Å²) in [6.07, 6.45) is 2.40. The predicted molar refractivity (Wildman–Crippen MR) is 72.9 cm³/mol. The minimum atomic E-state index is -0.130. The van der Waals surface area contributed by atoms with Crippen LogP contribution in [-0.4, -0.2) is 28.7 Å². The lowest BCUT2D eigenvalue weighted by Crippen LogP contribution is -2.35. The highest BCUT2D eigenvalue weighted by Crippen LogP contribution is 2.19. The summed E-state index contributed by atoms with van der Waals surface area (Å²) in [6, 6.07) is 1.67. The van der Waals surface area contributed by atoms with Crippen LogP contribution in [0.15, 0.2) is 12.3 Å². The quantitative estimate of drug-likeness (QED) is 0.835. The molecule has 18 heavy (non-hydrogen) atoms. The minimum Gasteiger partial charge on any atom is -0.396 e. The van der Waals surface area contributed by atoms with Crippen molar-refractivity contribution in [3.05, 3.63) is 23.0 Å². The van der Waals surface area contributed by atoms with Gasteiger partial charge >= 0.3 is 0 Å². The van der Waals surface area contributed by atoms with Gasteiger partial charge in [-0.25, -0.2) is 0 Å². The number of carbonyl (C=O) groups is 1. The van der Waals surface area contributed by atoms with Crippen LogP contribution in [0.3, 0.4) is 0 Å². The first-order valence-electron chi connectivity index (χ1n) is 6.14. The molecular weight excluding hydrogens is 252 g/mol. The van der Waals surface area contributed by atoms with Crippen LogP contribution >= 0.6 is 11.6 Å². The van der Waals surface area contributed by atoms with Crippen molar-refractivity contribution >= 4 is 17.5 Å². The number of carbonyl (C=O) groups excluding carboxylic acids is 1. The number of amides is 1. The largest absolute Gasteiger partial charge is 0.396 e. The number of rotatable bonds is 6. The van der Waals surface area contributed by atoms with Crippen LogP contribution in [0.5, 0.6) is 0 Å². The number of hydrogen-bond acceptors (Lipinski definition) is 2. The summed E-state index contributed by atoms with van der Waals surface area (Å²) in [5.41, 5.74) is 0.458. The number of aryl methyl sites for hydroxylation is 1. The van der Waals surface area contributed by atoms with E-state index < -0.39 is 0 Å². The molecule has 0 saturated carbocycles. The molecule has 0 aliphatic heterocycles. The fourth-order valence-corrected chi connectivity index (χ4v) is 1.95. The summed E-state index contributed by atoms with van der Waals surface area (Å²) < 4.78 is 1.82. The van der Waals surface area contributed by atoms with Gasteiger partial charge in [-0.2, -0.15) is 0 Å². The number of aliphatic hydroxyl groups excluding tert-OH is 1. The maximum Gasteiger partial charge on any atom is 0.267 e. The van der Waals surface area contributed by atoms with Gasteiger partial charge in [-0.3, -0.25) is 4.79 Å². The third-order valence-electron chi connectivity index (χ3n) is 2.95. The van der Waals surface area contributed by atoms with E-state index in [1.165, 1.54) is 0 Å². The molecule has 0 atom stereocenters. The Morgan fingerprint density at radius 3 is 2.78 bits per heavy atom. The maximum atomic E-state index is 12.0. The zero-order valence-corrected chi connectivity index (χ0v) is 11.9. The van der Waals surface area contributed by atoms with Crippen molar-refractivity contribution in [3.8, 4) is 0 Å². The van der Waals surface area contributed by atoms with Gasteiger partial charge in [0.2, 0.25) is 0 Å². The number of halogens is 1. The monoisotopic (exact) mass is 272 g/mol. The van der Waals surface area contributed by atoms with Gasteiger partial charge in [0.15, 0.2) is 0 Å².